The molecule has 2 aliphatic rings. The number of carbonyl (C=O) groups is 2. The Hall–Kier alpha value is -4.12. The molecule has 184 valence electrons. The average Bonchev–Trinajstić information content (AvgIpc) is 3.33. The monoisotopic (exact) mass is 496 g/mol. The van der Waals surface area contributed by atoms with Crippen LogP contribution in [0.1, 0.15) is 33.0 Å². The summed E-state index contributed by atoms with van der Waals surface area (Å²) in [5, 5.41) is 13.8. The Kier molecular flexibility index (Phi) is 5.40. The summed E-state index contributed by atoms with van der Waals surface area (Å²) < 4.78 is 41.5. The van der Waals surface area contributed by atoms with Crippen molar-refractivity contribution in [2.75, 3.05) is 18.9 Å². The number of likely N-dealkylation sites (tertiary alicyclic amines) is 1. The van der Waals surface area contributed by atoms with Crippen molar-refractivity contribution in [2.24, 2.45) is 5.92 Å². The van der Waals surface area contributed by atoms with E-state index in [1.165, 1.54) is 48.8 Å². The third-order valence-corrected chi connectivity index (χ3v) is 7.03. The molecule has 0 bridgehead atoms. The van der Waals surface area contributed by atoms with Crippen LogP contribution in [0.4, 0.5) is 24.5 Å². The van der Waals surface area contributed by atoms with Gasteiger partial charge in [0.2, 0.25) is 5.91 Å². The number of nitrogens with zero attached hydrogens (tertiary/aromatic N) is 3. The Balaban J connectivity index is 1.76. The molecule has 1 saturated heterocycles. The zero-order valence-corrected chi connectivity index (χ0v) is 18.8. The maximum Gasteiger partial charge on any atom is 0.418 e. The van der Waals surface area contributed by atoms with Gasteiger partial charge >= 0.3 is 6.18 Å². The van der Waals surface area contributed by atoms with Gasteiger partial charge in [0.05, 0.1) is 22.1 Å². The molecule has 3 heterocycles. The third kappa shape index (κ3) is 3.38. The molecule has 1 amide bonds. The van der Waals surface area contributed by atoms with Crippen LogP contribution >= 0.6 is 0 Å². The first-order valence-corrected chi connectivity index (χ1v) is 11.0. The topological polar surface area (TPSA) is 105 Å². The highest BCUT2D eigenvalue weighted by atomic mass is 19.4. The molecule has 0 aliphatic carbocycles. The molecule has 36 heavy (non-hydrogen) atoms. The third-order valence-electron chi connectivity index (χ3n) is 7.03. The molecule has 0 unspecified atom stereocenters. The van der Waals surface area contributed by atoms with Crippen molar-refractivity contribution >= 4 is 23.1 Å². The molecule has 1 aromatic heterocycles. The second-order valence-electron chi connectivity index (χ2n) is 8.87. The summed E-state index contributed by atoms with van der Waals surface area (Å²) in [5.41, 5.74) is -2.70. The minimum atomic E-state index is -4.73. The second-order valence-corrected chi connectivity index (χ2v) is 8.87. The van der Waals surface area contributed by atoms with Gasteiger partial charge in [-0.05, 0) is 30.8 Å². The van der Waals surface area contributed by atoms with E-state index < -0.39 is 45.7 Å². The van der Waals surface area contributed by atoms with Crippen LogP contribution in [0.25, 0.3) is 0 Å². The van der Waals surface area contributed by atoms with Gasteiger partial charge in [0.15, 0.2) is 5.78 Å². The summed E-state index contributed by atoms with van der Waals surface area (Å²) in [6.45, 7) is 0.0982. The van der Waals surface area contributed by atoms with Crippen LogP contribution < -0.4 is 5.32 Å². The van der Waals surface area contributed by atoms with Gasteiger partial charge in [-0.3, -0.25) is 29.6 Å². The number of ketones is 1. The molecule has 0 radical (unpaired) electrons. The molecule has 1 spiro atoms. The van der Waals surface area contributed by atoms with Crippen LogP contribution in [0.2, 0.25) is 0 Å². The minimum absolute atomic E-state index is 0.0417. The number of anilines is 1. The van der Waals surface area contributed by atoms with Gasteiger partial charge in [-0.2, -0.15) is 13.2 Å². The van der Waals surface area contributed by atoms with E-state index in [2.05, 4.69) is 10.3 Å². The van der Waals surface area contributed by atoms with Crippen molar-refractivity contribution in [3.63, 3.8) is 0 Å². The SMILES string of the molecule is CN1C[C@H](c2cccc([N+](=O)[O-])c2)[C@@H](C(=O)c2cccnc2)[C@]12C(=O)Nc1c(C(F)(F)F)cccc12. The average molecular weight is 496 g/mol. The van der Waals surface area contributed by atoms with Gasteiger partial charge < -0.3 is 5.32 Å². The fourth-order valence-electron chi connectivity index (χ4n) is 5.56. The number of halogens is 3. The summed E-state index contributed by atoms with van der Waals surface area (Å²) in [6, 6.07) is 12.3. The number of aromatic nitrogens is 1. The number of nitrogens with one attached hydrogen (secondary N) is 1. The van der Waals surface area contributed by atoms with Crippen molar-refractivity contribution in [1.82, 2.24) is 9.88 Å². The van der Waals surface area contributed by atoms with Crippen LogP contribution in [0.5, 0.6) is 0 Å². The summed E-state index contributed by atoms with van der Waals surface area (Å²) >= 11 is 0. The Morgan fingerprint density at radius 1 is 1.19 bits per heavy atom. The normalized spacial score (nSPS) is 23.5. The number of pyridine rings is 1. The first-order chi connectivity index (χ1) is 17.1. The first-order valence-electron chi connectivity index (χ1n) is 11.0. The van der Waals surface area contributed by atoms with Gasteiger partial charge in [0.25, 0.3) is 5.69 Å². The number of carbonyl (C=O) groups excluding carboxylic acids is 2. The van der Waals surface area contributed by atoms with Gasteiger partial charge in [-0.1, -0.05) is 24.3 Å². The van der Waals surface area contributed by atoms with Crippen LogP contribution in [0.3, 0.4) is 0 Å². The Labute approximate surface area is 202 Å². The van der Waals surface area contributed by atoms with Crippen LogP contribution in [-0.2, 0) is 16.5 Å². The molecule has 3 aromatic rings. The van der Waals surface area contributed by atoms with E-state index in [0.717, 1.165) is 6.07 Å². The van der Waals surface area contributed by atoms with Gasteiger partial charge in [0.1, 0.15) is 5.54 Å². The van der Waals surface area contributed by atoms with E-state index in [-0.39, 0.29) is 29.0 Å². The van der Waals surface area contributed by atoms with Crippen LogP contribution in [0, 0.1) is 16.0 Å². The number of Topliss-reactive ketones (excluding diaryl/α,β-unsaturated/α-hetero) is 1. The molecule has 0 saturated carbocycles. The zero-order valence-electron chi connectivity index (χ0n) is 18.8. The number of non-ortho nitro benzene ring substituents is 1. The molecule has 5 rings (SSSR count). The van der Waals surface area contributed by atoms with Crippen LogP contribution in [0.15, 0.2) is 67.0 Å². The number of fused-ring (bicyclic) bond motifs is 2. The van der Waals surface area contributed by atoms with E-state index in [1.54, 1.807) is 24.1 Å². The number of likely N-dealkylation sites (N-methyl/N-ethyl adjacent to an activating group) is 1. The van der Waals surface area contributed by atoms with E-state index >= 15 is 0 Å². The predicted molar refractivity (Wildman–Crippen MR) is 122 cm³/mol. The number of nitro groups is 1. The molecule has 1 N–H and O–H groups in total. The lowest BCUT2D eigenvalue weighted by Crippen LogP contribution is -2.51. The fourth-order valence-corrected chi connectivity index (χ4v) is 5.56. The number of hydrogen-bond donors (Lipinski definition) is 1. The van der Waals surface area contributed by atoms with E-state index in [0.29, 0.717) is 5.56 Å². The molecule has 1 fully saturated rings. The highest BCUT2D eigenvalue weighted by Crippen LogP contribution is 2.57. The number of alkyl halides is 3. The van der Waals surface area contributed by atoms with Crippen molar-refractivity contribution in [1.29, 1.82) is 0 Å². The lowest BCUT2D eigenvalue weighted by molar-refractivity contribution is -0.384. The summed E-state index contributed by atoms with van der Waals surface area (Å²) in [5.74, 6) is -3.16. The Morgan fingerprint density at radius 2 is 1.94 bits per heavy atom. The van der Waals surface area contributed by atoms with E-state index in [4.69, 9.17) is 0 Å². The summed E-state index contributed by atoms with van der Waals surface area (Å²) in [7, 11) is 1.57. The highest BCUT2D eigenvalue weighted by molar-refractivity contribution is 6.12. The highest BCUT2D eigenvalue weighted by Gasteiger charge is 2.65. The molecule has 11 heteroatoms. The number of nitro benzene ring substituents is 1. The molecule has 8 nitrogen and oxygen atoms in total. The Morgan fingerprint density at radius 3 is 2.61 bits per heavy atom. The Bertz CT molecular complexity index is 1400. The number of hydrogen-bond acceptors (Lipinski definition) is 6. The molecular formula is C25H19F3N4O4. The molecule has 2 aliphatic heterocycles. The maximum atomic E-state index is 14.0. The smallest absolute Gasteiger partial charge is 0.323 e. The van der Waals surface area contributed by atoms with Crippen molar-refractivity contribution in [3.8, 4) is 0 Å². The number of benzene rings is 2. The fraction of sp³-hybridized carbons (Fsp3) is 0.240. The van der Waals surface area contributed by atoms with Gasteiger partial charge in [-0.15, -0.1) is 0 Å². The molecule has 2 aromatic carbocycles. The van der Waals surface area contributed by atoms with E-state index in [9.17, 15) is 32.9 Å². The zero-order chi connectivity index (χ0) is 25.8. The van der Waals surface area contributed by atoms with Gasteiger partial charge in [-0.25, -0.2) is 0 Å². The van der Waals surface area contributed by atoms with E-state index in [1.807, 2.05) is 0 Å². The molecule has 3 atom stereocenters. The summed E-state index contributed by atoms with van der Waals surface area (Å²) in [6.07, 6.45) is -1.93. The lowest BCUT2D eigenvalue weighted by Gasteiger charge is -2.35. The number of amides is 1. The van der Waals surface area contributed by atoms with Crippen molar-refractivity contribution < 1.29 is 27.7 Å². The second kappa shape index (κ2) is 8.23. The van der Waals surface area contributed by atoms with Crippen molar-refractivity contribution in [2.45, 2.75) is 17.6 Å². The first kappa shape index (κ1) is 23.6. The van der Waals surface area contributed by atoms with Gasteiger partial charge in [0, 0.05) is 48.1 Å². The maximum absolute atomic E-state index is 14.0. The lowest BCUT2D eigenvalue weighted by atomic mass is 9.70. The quantitative estimate of drug-likeness (QED) is 0.327. The predicted octanol–water partition coefficient (Wildman–Crippen LogP) is 4.38. The molecular weight excluding hydrogens is 477 g/mol. The number of rotatable bonds is 4. The standard InChI is InChI=1S/C25H19F3N4O4/c1-31-13-17(14-5-2-7-16(11-14)32(35)36)20(22(33)15-6-4-10-29-12-15)24(31)18-8-3-9-19(25(26,27)28)21(18)30-23(24)34/h2-12,17,20H,13H2,1H3,(H,30,34)/t17-,20+,24-/m1/s1. The minimum Gasteiger partial charge on any atom is -0.323 e. The van der Waals surface area contributed by atoms with Crippen molar-refractivity contribution in [3.05, 3.63) is 99.4 Å². The largest absolute Gasteiger partial charge is 0.418 e. The number of para-hydroxylation sites is 1. The van der Waals surface area contributed by atoms with Crippen LogP contribution in [-0.4, -0.2) is 40.1 Å². The summed E-state index contributed by atoms with van der Waals surface area (Å²) in [4.78, 5) is 44.0.